The van der Waals surface area contributed by atoms with E-state index in [2.05, 4.69) is 15.5 Å². The van der Waals surface area contributed by atoms with E-state index in [1.54, 1.807) is 6.08 Å². The van der Waals surface area contributed by atoms with Gasteiger partial charge in [-0.15, -0.1) is 21.5 Å². The minimum atomic E-state index is -0.408. The van der Waals surface area contributed by atoms with Crippen LogP contribution in [0.5, 0.6) is 0 Å². The number of thioether (sulfide) groups is 1. The Bertz CT molecular complexity index is 1110. The molecule has 7 nitrogen and oxygen atoms in total. The number of hydrogen-bond donors (Lipinski definition) is 1. The highest BCUT2D eigenvalue weighted by Crippen LogP contribution is 2.38. The van der Waals surface area contributed by atoms with Crippen LogP contribution in [0, 0.1) is 0 Å². The number of methoxy groups -OCH3 is 1. The molecule has 0 unspecified atom stereocenters. The van der Waals surface area contributed by atoms with Crippen molar-refractivity contribution in [2.45, 2.75) is 30.9 Å². The van der Waals surface area contributed by atoms with Crippen LogP contribution < -0.4 is 5.32 Å². The van der Waals surface area contributed by atoms with Crippen LogP contribution in [0.15, 0.2) is 40.0 Å². The first kappa shape index (κ1) is 21.3. The Balaban J connectivity index is 1.37. The van der Waals surface area contributed by atoms with Gasteiger partial charge in [0.05, 0.1) is 18.4 Å². The Hall–Kier alpha value is -2.91. The maximum Gasteiger partial charge on any atom is 0.341 e. The number of amides is 1. The van der Waals surface area contributed by atoms with E-state index >= 15 is 0 Å². The van der Waals surface area contributed by atoms with Crippen LogP contribution in [-0.4, -0.2) is 34.9 Å². The van der Waals surface area contributed by atoms with Crippen molar-refractivity contribution >= 4 is 52.1 Å². The van der Waals surface area contributed by atoms with Crippen LogP contribution in [0.25, 0.3) is 12.2 Å². The van der Waals surface area contributed by atoms with Gasteiger partial charge in [-0.1, -0.05) is 42.1 Å². The molecule has 1 aliphatic carbocycles. The van der Waals surface area contributed by atoms with Gasteiger partial charge in [0, 0.05) is 11.0 Å². The van der Waals surface area contributed by atoms with Crippen LogP contribution in [0.4, 0.5) is 5.00 Å². The molecule has 0 radical (unpaired) electrons. The number of aryl methyl sites for hydroxylation is 1. The second-order valence-corrected chi connectivity index (χ2v) is 8.93. The number of rotatable bonds is 7. The summed E-state index contributed by atoms with van der Waals surface area (Å²) in [4.78, 5) is 25.9. The van der Waals surface area contributed by atoms with E-state index < -0.39 is 5.97 Å². The van der Waals surface area contributed by atoms with E-state index in [-0.39, 0.29) is 11.7 Å². The fraction of sp³-hybridized carbons (Fsp3) is 0.273. The molecular formula is C22H21N3O4S2. The third-order valence-electron chi connectivity index (χ3n) is 4.78. The zero-order valence-electron chi connectivity index (χ0n) is 16.9. The van der Waals surface area contributed by atoms with Gasteiger partial charge in [0.25, 0.3) is 5.22 Å². The molecule has 31 heavy (non-hydrogen) atoms. The van der Waals surface area contributed by atoms with E-state index in [1.807, 2.05) is 36.4 Å². The lowest BCUT2D eigenvalue weighted by atomic mass is 9.95. The van der Waals surface area contributed by atoms with Crippen molar-refractivity contribution in [2.24, 2.45) is 0 Å². The van der Waals surface area contributed by atoms with Crippen molar-refractivity contribution in [3.8, 4) is 0 Å². The molecule has 4 rings (SSSR count). The minimum Gasteiger partial charge on any atom is -0.465 e. The molecule has 1 aromatic carbocycles. The van der Waals surface area contributed by atoms with Gasteiger partial charge in [-0.2, -0.15) is 0 Å². The van der Waals surface area contributed by atoms with Crippen molar-refractivity contribution in [3.63, 3.8) is 0 Å². The average molecular weight is 456 g/mol. The smallest absolute Gasteiger partial charge is 0.341 e. The molecule has 0 fully saturated rings. The number of hydrogen-bond acceptors (Lipinski definition) is 8. The van der Waals surface area contributed by atoms with Crippen molar-refractivity contribution in [2.75, 3.05) is 18.2 Å². The number of benzene rings is 1. The van der Waals surface area contributed by atoms with Gasteiger partial charge in [-0.05, 0) is 42.9 Å². The Labute approximate surface area is 187 Å². The first-order valence-corrected chi connectivity index (χ1v) is 11.7. The summed E-state index contributed by atoms with van der Waals surface area (Å²) in [6, 6.07) is 9.78. The Morgan fingerprint density at radius 3 is 2.81 bits per heavy atom. The topological polar surface area (TPSA) is 94.3 Å². The van der Waals surface area contributed by atoms with E-state index in [9.17, 15) is 9.59 Å². The minimum absolute atomic E-state index is 0.0905. The molecule has 1 N–H and O–H groups in total. The summed E-state index contributed by atoms with van der Waals surface area (Å²) in [6.45, 7) is 0. The predicted molar refractivity (Wildman–Crippen MR) is 121 cm³/mol. The fourth-order valence-corrected chi connectivity index (χ4v) is 5.20. The third kappa shape index (κ3) is 5.23. The molecule has 0 spiro atoms. The first-order chi connectivity index (χ1) is 15.1. The molecule has 2 aromatic heterocycles. The summed E-state index contributed by atoms with van der Waals surface area (Å²) in [6.07, 6.45) is 7.50. The normalized spacial score (nSPS) is 13.2. The number of ether oxygens (including phenoxy) is 1. The second-order valence-electron chi connectivity index (χ2n) is 6.89. The second kappa shape index (κ2) is 9.93. The van der Waals surface area contributed by atoms with Crippen LogP contribution in [-0.2, 0) is 22.4 Å². The lowest BCUT2D eigenvalue weighted by molar-refractivity contribution is -0.113. The van der Waals surface area contributed by atoms with E-state index in [0.717, 1.165) is 53.4 Å². The summed E-state index contributed by atoms with van der Waals surface area (Å²) in [5.41, 5.74) is 2.53. The zero-order valence-corrected chi connectivity index (χ0v) is 18.6. The largest absolute Gasteiger partial charge is 0.465 e. The fourth-order valence-electron chi connectivity index (χ4n) is 3.34. The van der Waals surface area contributed by atoms with E-state index in [4.69, 9.17) is 9.15 Å². The zero-order chi connectivity index (χ0) is 21.6. The number of aromatic nitrogens is 2. The van der Waals surface area contributed by atoms with Gasteiger partial charge in [0.2, 0.25) is 11.8 Å². The lowest BCUT2D eigenvalue weighted by Gasteiger charge is -2.11. The maximum absolute atomic E-state index is 12.5. The number of carbonyl (C=O) groups excluding carboxylic acids is 2. The maximum atomic E-state index is 12.5. The van der Waals surface area contributed by atoms with Crippen LogP contribution in [0.1, 0.15) is 45.1 Å². The highest BCUT2D eigenvalue weighted by Gasteiger charge is 2.27. The predicted octanol–water partition coefficient (Wildman–Crippen LogP) is 4.70. The molecule has 3 aromatic rings. The molecular weight excluding hydrogens is 434 g/mol. The number of thiophene rings is 1. The number of esters is 1. The molecule has 0 saturated carbocycles. The molecule has 0 aliphatic heterocycles. The quantitative estimate of drug-likeness (QED) is 0.408. The Kier molecular flexibility index (Phi) is 6.83. The number of nitrogens with one attached hydrogen (secondary N) is 1. The molecule has 160 valence electrons. The number of nitrogens with zero attached hydrogens (tertiary/aromatic N) is 2. The summed E-state index contributed by atoms with van der Waals surface area (Å²) in [5, 5.41) is 11.7. The van der Waals surface area contributed by atoms with E-state index in [0.29, 0.717) is 21.7 Å². The molecule has 1 amide bonds. The first-order valence-electron chi connectivity index (χ1n) is 9.86. The molecule has 0 atom stereocenters. The van der Waals surface area contributed by atoms with Crippen molar-refractivity contribution in [1.29, 1.82) is 0 Å². The van der Waals surface area contributed by atoms with Gasteiger partial charge in [0.1, 0.15) is 5.00 Å². The summed E-state index contributed by atoms with van der Waals surface area (Å²) in [5.74, 6) is -0.194. The number of anilines is 1. The highest BCUT2D eigenvalue weighted by molar-refractivity contribution is 7.99. The Morgan fingerprint density at radius 2 is 2.00 bits per heavy atom. The van der Waals surface area contributed by atoms with Gasteiger partial charge in [-0.25, -0.2) is 4.79 Å². The number of fused-ring (bicyclic) bond motifs is 1. The monoisotopic (exact) mass is 455 g/mol. The summed E-state index contributed by atoms with van der Waals surface area (Å²) in [7, 11) is 1.36. The molecule has 0 bridgehead atoms. The molecule has 1 aliphatic rings. The van der Waals surface area contributed by atoms with Gasteiger partial charge in [0.15, 0.2) is 0 Å². The Morgan fingerprint density at radius 1 is 1.19 bits per heavy atom. The molecule has 9 heteroatoms. The summed E-state index contributed by atoms with van der Waals surface area (Å²) < 4.78 is 10.5. The highest BCUT2D eigenvalue weighted by atomic mass is 32.2. The molecule has 0 saturated heterocycles. The van der Waals surface area contributed by atoms with Crippen LogP contribution >= 0.6 is 23.1 Å². The third-order valence-corrected chi connectivity index (χ3v) is 6.81. The molecule has 2 heterocycles. The number of carbonyl (C=O) groups is 2. The van der Waals surface area contributed by atoms with Crippen molar-refractivity contribution in [3.05, 3.63) is 57.8 Å². The van der Waals surface area contributed by atoms with Gasteiger partial charge >= 0.3 is 5.97 Å². The van der Waals surface area contributed by atoms with Crippen molar-refractivity contribution in [1.82, 2.24) is 10.2 Å². The summed E-state index contributed by atoms with van der Waals surface area (Å²) >= 11 is 2.61. The lowest BCUT2D eigenvalue weighted by Crippen LogP contribution is -2.16. The van der Waals surface area contributed by atoms with Gasteiger partial charge in [-0.3, -0.25) is 4.79 Å². The van der Waals surface area contributed by atoms with Crippen LogP contribution in [0.3, 0.4) is 0 Å². The van der Waals surface area contributed by atoms with Crippen LogP contribution in [0.2, 0.25) is 0 Å². The van der Waals surface area contributed by atoms with Gasteiger partial charge < -0.3 is 14.5 Å². The van der Waals surface area contributed by atoms with E-state index in [1.165, 1.54) is 18.4 Å². The SMILES string of the molecule is COC(=O)c1c(NC(=O)CSc2nnc(/C=C/c3ccccc3)o2)sc2c1CCCC2. The van der Waals surface area contributed by atoms with Crippen molar-refractivity contribution < 1.29 is 18.7 Å². The standard InChI is InChI=1S/C22H21N3O4S2/c1-28-21(27)19-15-9-5-6-10-16(15)31-20(19)23-17(26)13-30-22-25-24-18(29-22)12-11-14-7-3-2-4-8-14/h2-4,7-8,11-12H,5-6,9-10,13H2,1H3,(H,23,26)/b12-11+. The average Bonchev–Trinajstić information content (AvgIpc) is 3.40.